The number of rotatable bonds is 6. The molecule has 0 spiro atoms. The van der Waals surface area contributed by atoms with Crippen molar-refractivity contribution in [3.05, 3.63) is 48.6 Å². The van der Waals surface area contributed by atoms with E-state index in [9.17, 15) is 5.11 Å². The lowest BCUT2D eigenvalue weighted by Gasteiger charge is -2.16. The molecule has 0 fully saturated rings. The number of hydrogen-bond donors (Lipinski definition) is 1. The van der Waals surface area contributed by atoms with Crippen LogP contribution >= 0.6 is 0 Å². The van der Waals surface area contributed by atoms with Crippen molar-refractivity contribution in [3.63, 3.8) is 0 Å². The number of unbranched alkanes of at least 4 members (excludes halogenated alkanes) is 1. The highest BCUT2D eigenvalue weighted by molar-refractivity contribution is 5.19. The third-order valence-corrected chi connectivity index (χ3v) is 2.61. The van der Waals surface area contributed by atoms with E-state index in [1.54, 1.807) is 0 Å². The molecule has 1 rings (SSSR count). The molecule has 2 unspecified atom stereocenters. The van der Waals surface area contributed by atoms with Crippen molar-refractivity contribution in [2.75, 3.05) is 0 Å². The van der Waals surface area contributed by atoms with Gasteiger partial charge in [0.05, 0.1) is 18.1 Å². The van der Waals surface area contributed by atoms with Crippen LogP contribution in [0.15, 0.2) is 43.0 Å². The van der Waals surface area contributed by atoms with Gasteiger partial charge in [-0.25, -0.2) is 0 Å². The van der Waals surface area contributed by atoms with Gasteiger partial charge in [0.25, 0.3) is 0 Å². The van der Waals surface area contributed by atoms with E-state index in [0.29, 0.717) is 6.42 Å². The molecule has 0 heterocycles. The summed E-state index contributed by atoms with van der Waals surface area (Å²) in [6.07, 6.45) is 3.64. The van der Waals surface area contributed by atoms with Crippen LogP contribution in [0.3, 0.4) is 0 Å². The van der Waals surface area contributed by atoms with Crippen LogP contribution in [0.2, 0.25) is 0 Å². The maximum Gasteiger partial charge on any atom is 0.0948 e. The quantitative estimate of drug-likeness (QED) is 0.585. The molecule has 0 saturated carbocycles. The van der Waals surface area contributed by atoms with E-state index in [-0.39, 0.29) is 5.92 Å². The van der Waals surface area contributed by atoms with Crippen LogP contribution in [0.25, 0.3) is 0 Å². The Balaban J connectivity index is 2.60. The highest BCUT2D eigenvalue weighted by Gasteiger charge is 2.19. The van der Waals surface area contributed by atoms with E-state index >= 15 is 0 Å². The van der Waals surface area contributed by atoms with Gasteiger partial charge in [0.2, 0.25) is 0 Å². The molecule has 1 aromatic carbocycles. The predicted molar refractivity (Wildman–Crippen MR) is 64.6 cm³/mol. The second-order valence-corrected chi connectivity index (χ2v) is 3.81. The number of nitrogens with zero attached hydrogens (tertiary/aromatic N) is 1. The zero-order chi connectivity index (χ0) is 11.8. The first kappa shape index (κ1) is 12.5. The van der Waals surface area contributed by atoms with Crippen LogP contribution in [-0.2, 0) is 0 Å². The summed E-state index contributed by atoms with van der Waals surface area (Å²) in [7, 11) is 0. The molecule has 0 bridgehead atoms. The smallest absolute Gasteiger partial charge is 0.0948 e. The largest absolute Gasteiger partial charge is 0.387 e. The number of nitriles is 1. The van der Waals surface area contributed by atoms with Gasteiger partial charge in [0, 0.05) is 0 Å². The monoisotopic (exact) mass is 215 g/mol. The fourth-order valence-corrected chi connectivity index (χ4v) is 1.66. The Morgan fingerprint density at radius 3 is 2.62 bits per heavy atom. The minimum Gasteiger partial charge on any atom is -0.387 e. The minimum atomic E-state index is -0.684. The molecule has 0 aromatic heterocycles. The second kappa shape index (κ2) is 6.81. The second-order valence-electron chi connectivity index (χ2n) is 3.81. The molecule has 84 valence electrons. The first-order valence-electron chi connectivity index (χ1n) is 5.53. The van der Waals surface area contributed by atoms with Crippen molar-refractivity contribution < 1.29 is 5.11 Å². The molecule has 2 heteroatoms. The zero-order valence-corrected chi connectivity index (χ0v) is 9.34. The lowest BCUT2D eigenvalue weighted by molar-refractivity contribution is 0.129. The average molecular weight is 215 g/mol. The molecule has 0 aliphatic carbocycles. The Hall–Kier alpha value is -1.59. The van der Waals surface area contributed by atoms with Crippen molar-refractivity contribution in [2.45, 2.75) is 25.4 Å². The van der Waals surface area contributed by atoms with Gasteiger partial charge >= 0.3 is 0 Å². The third kappa shape index (κ3) is 3.52. The summed E-state index contributed by atoms with van der Waals surface area (Å²) in [4.78, 5) is 0. The molecule has 1 N–H and O–H groups in total. The lowest BCUT2D eigenvalue weighted by atomic mass is 9.92. The van der Waals surface area contributed by atoms with Gasteiger partial charge in [0.15, 0.2) is 0 Å². The highest BCUT2D eigenvalue weighted by atomic mass is 16.3. The summed E-state index contributed by atoms with van der Waals surface area (Å²) in [5.41, 5.74) is 0.813. The Morgan fingerprint density at radius 2 is 2.06 bits per heavy atom. The number of allylic oxidation sites excluding steroid dienone is 1. The molecule has 0 radical (unpaired) electrons. The Kier molecular flexibility index (Phi) is 5.31. The van der Waals surface area contributed by atoms with Crippen LogP contribution < -0.4 is 0 Å². The van der Waals surface area contributed by atoms with E-state index in [1.807, 2.05) is 36.4 Å². The summed E-state index contributed by atoms with van der Waals surface area (Å²) in [5, 5.41) is 19.1. The van der Waals surface area contributed by atoms with E-state index in [2.05, 4.69) is 12.6 Å². The fraction of sp³-hybridized carbons (Fsp3) is 0.357. The topological polar surface area (TPSA) is 44.0 Å². The SMILES string of the molecule is C=CCCCC(C#N)C(O)c1ccccc1. The summed E-state index contributed by atoms with van der Waals surface area (Å²) in [6.45, 7) is 3.64. The number of benzene rings is 1. The van der Waals surface area contributed by atoms with E-state index in [0.717, 1.165) is 18.4 Å². The van der Waals surface area contributed by atoms with Crippen molar-refractivity contribution in [1.29, 1.82) is 5.26 Å². The molecular weight excluding hydrogens is 198 g/mol. The standard InChI is InChI=1S/C14H17NO/c1-2-3-5-10-13(11-15)14(16)12-8-6-4-7-9-12/h2,4,6-9,13-14,16H,1,3,5,10H2. The minimum absolute atomic E-state index is 0.331. The molecule has 16 heavy (non-hydrogen) atoms. The third-order valence-electron chi connectivity index (χ3n) is 2.61. The summed E-state index contributed by atoms with van der Waals surface area (Å²) in [6, 6.07) is 11.5. The summed E-state index contributed by atoms with van der Waals surface area (Å²) < 4.78 is 0. The lowest BCUT2D eigenvalue weighted by Crippen LogP contribution is -2.10. The summed E-state index contributed by atoms with van der Waals surface area (Å²) >= 11 is 0. The van der Waals surface area contributed by atoms with Gasteiger partial charge in [0.1, 0.15) is 0 Å². The first-order valence-corrected chi connectivity index (χ1v) is 5.53. The van der Waals surface area contributed by atoms with Gasteiger partial charge in [-0.2, -0.15) is 5.26 Å². The molecular formula is C14H17NO. The molecule has 0 aliphatic heterocycles. The molecule has 1 aromatic rings. The number of hydrogen-bond acceptors (Lipinski definition) is 2. The predicted octanol–water partition coefficient (Wildman–Crippen LogP) is 3.22. The Labute approximate surface area is 96.8 Å². The van der Waals surface area contributed by atoms with Gasteiger partial charge in [-0.05, 0) is 24.8 Å². The fourth-order valence-electron chi connectivity index (χ4n) is 1.66. The first-order chi connectivity index (χ1) is 7.79. The summed E-state index contributed by atoms with van der Waals surface area (Å²) in [5.74, 6) is -0.331. The van der Waals surface area contributed by atoms with Crippen molar-refractivity contribution >= 4 is 0 Å². The van der Waals surface area contributed by atoms with Crippen molar-refractivity contribution in [3.8, 4) is 6.07 Å². The molecule has 2 atom stereocenters. The average Bonchev–Trinajstić information content (AvgIpc) is 2.35. The molecule has 0 aliphatic rings. The van der Waals surface area contributed by atoms with Crippen LogP contribution in [0.5, 0.6) is 0 Å². The van der Waals surface area contributed by atoms with E-state index in [4.69, 9.17) is 5.26 Å². The molecule has 0 saturated heterocycles. The van der Waals surface area contributed by atoms with Crippen LogP contribution in [0, 0.1) is 17.2 Å². The Bertz CT molecular complexity index is 353. The number of aliphatic hydroxyl groups excluding tert-OH is 1. The number of aliphatic hydroxyl groups is 1. The van der Waals surface area contributed by atoms with Crippen LogP contribution in [0.1, 0.15) is 30.9 Å². The van der Waals surface area contributed by atoms with Crippen molar-refractivity contribution in [1.82, 2.24) is 0 Å². The van der Waals surface area contributed by atoms with Gasteiger partial charge in [-0.1, -0.05) is 36.4 Å². The van der Waals surface area contributed by atoms with Gasteiger partial charge < -0.3 is 5.11 Å². The van der Waals surface area contributed by atoms with E-state index < -0.39 is 6.10 Å². The molecule has 0 amide bonds. The maximum atomic E-state index is 10.0. The van der Waals surface area contributed by atoms with Crippen LogP contribution in [0.4, 0.5) is 0 Å². The van der Waals surface area contributed by atoms with Gasteiger partial charge in [-0.15, -0.1) is 6.58 Å². The highest BCUT2D eigenvalue weighted by Crippen LogP contribution is 2.25. The van der Waals surface area contributed by atoms with Gasteiger partial charge in [-0.3, -0.25) is 0 Å². The Morgan fingerprint density at radius 1 is 1.38 bits per heavy atom. The normalized spacial score (nSPS) is 13.8. The van der Waals surface area contributed by atoms with E-state index in [1.165, 1.54) is 0 Å². The van der Waals surface area contributed by atoms with Crippen LogP contribution in [-0.4, -0.2) is 5.11 Å². The van der Waals surface area contributed by atoms with Crippen molar-refractivity contribution in [2.24, 2.45) is 5.92 Å². The zero-order valence-electron chi connectivity index (χ0n) is 9.34. The molecule has 2 nitrogen and oxygen atoms in total. The maximum absolute atomic E-state index is 10.0.